The number of hydrogen-bond acceptors (Lipinski definition) is 0. The van der Waals surface area contributed by atoms with Gasteiger partial charge in [0.05, 0.1) is 0 Å². The molecule has 0 spiro atoms. The van der Waals surface area contributed by atoms with Crippen molar-refractivity contribution in [2.45, 2.75) is 14.2 Å². The standard InChI is InChI=1S/C11H12P.C10H9.2FH.Zr/c1-12(2)11-7-9-5-3-4-6-10(9)8-11;1-8-6-9-4-2-3-5-10(9)7-8;;;/h3-8H,1-2H3;2-7H,1H3;2*1H;/q;;;;+2/p-2. The van der Waals surface area contributed by atoms with E-state index in [1.54, 1.807) is 22.0 Å². The molecule has 4 rings (SSSR count). The average Bonchev–Trinajstić information content (AvgIpc) is 3.07. The minimum Gasteiger partial charge on any atom is -1.00 e. The van der Waals surface area contributed by atoms with Gasteiger partial charge in [-0.3, -0.25) is 0 Å². The molecule has 0 aromatic heterocycles. The smallest absolute Gasteiger partial charge is 1.00 e. The molecule has 2 aliphatic rings. The minimum atomic E-state index is -0.652. The molecule has 0 N–H and O–H groups in total. The molecule has 0 radical (unpaired) electrons. The summed E-state index contributed by atoms with van der Waals surface area (Å²) in [6, 6.07) is 18.1. The molecule has 0 aliphatic heterocycles. The summed E-state index contributed by atoms with van der Waals surface area (Å²) < 4.78 is 1.50. The molecule has 0 fully saturated rings. The Labute approximate surface area is 161 Å². The second kappa shape index (κ2) is 8.19. The van der Waals surface area contributed by atoms with Crippen LogP contribution in [0.15, 0.2) is 59.4 Å². The normalized spacial score (nSPS) is 19.8. The van der Waals surface area contributed by atoms with Crippen LogP contribution in [0.2, 0.25) is 0 Å². The van der Waals surface area contributed by atoms with E-state index in [2.05, 4.69) is 80.9 Å². The van der Waals surface area contributed by atoms with Gasteiger partial charge < -0.3 is 9.41 Å². The molecule has 4 heteroatoms. The fraction of sp³-hybridized carbons (Fsp3) is 0.238. The van der Waals surface area contributed by atoms with E-state index in [1.165, 1.54) is 11.1 Å². The Bertz CT molecular complexity index is 826. The third-order valence-corrected chi connectivity index (χ3v) is 12.0. The summed E-state index contributed by atoms with van der Waals surface area (Å²) in [5.74, 6) is 0. The SMILES string of the molecule is CC1=Cc2ccccc2[CH]1[Zr+2][CH]1C(P(C)C)=Cc2ccccc21.[F-].[F-]. The summed E-state index contributed by atoms with van der Waals surface area (Å²) in [7, 11) is -0.00487. The maximum absolute atomic E-state index is 2.51. The Kier molecular flexibility index (Phi) is 6.69. The van der Waals surface area contributed by atoms with Gasteiger partial charge in [-0.15, -0.1) is 0 Å². The average molecular weight is 434 g/mol. The fourth-order valence-electron chi connectivity index (χ4n) is 3.74. The number of allylic oxidation sites excluding steroid dienone is 2. The van der Waals surface area contributed by atoms with E-state index < -0.39 is 23.2 Å². The molecule has 0 bridgehead atoms. The first-order valence-electron chi connectivity index (χ1n) is 8.16. The largest absolute Gasteiger partial charge is 1.00 e. The summed E-state index contributed by atoms with van der Waals surface area (Å²) in [5.41, 5.74) is 7.75. The van der Waals surface area contributed by atoms with Gasteiger partial charge in [-0.25, -0.2) is 0 Å². The topological polar surface area (TPSA) is 0 Å². The van der Waals surface area contributed by atoms with Crippen LogP contribution in [0, 0.1) is 0 Å². The monoisotopic (exact) mass is 432 g/mol. The zero-order valence-electron chi connectivity index (χ0n) is 14.6. The fourth-order valence-corrected chi connectivity index (χ4v) is 11.6. The molecule has 0 amide bonds. The Morgan fingerprint density at radius 2 is 1.28 bits per heavy atom. The van der Waals surface area contributed by atoms with Crippen molar-refractivity contribution in [1.29, 1.82) is 0 Å². The molecule has 2 aliphatic carbocycles. The summed E-state index contributed by atoms with van der Waals surface area (Å²) in [6.45, 7) is 7.19. The van der Waals surface area contributed by atoms with Crippen LogP contribution in [0.1, 0.15) is 36.4 Å². The molecule has 2 atom stereocenters. The van der Waals surface area contributed by atoms with Crippen molar-refractivity contribution >= 4 is 20.1 Å². The Morgan fingerprint density at radius 1 is 0.760 bits per heavy atom. The molecule has 2 aromatic rings. The summed E-state index contributed by atoms with van der Waals surface area (Å²) in [4.78, 5) is 0. The van der Waals surface area contributed by atoms with Gasteiger partial charge >= 0.3 is 152 Å². The van der Waals surface area contributed by atoms with Crippen molar-refractivity contribution in [3.05, 3.63) is 81.7 Å². The maximum atomic E-state index is 2.51. The third-order valence-electron chi connectivity index (χ3n) is 4.90. The van der Waals surface area contributed by atoms with Crippen LogP contribution in [-0.2, 0) is 23.2 Å². The van der Waals surface area contributed by atoms with Gasteiger partial charge in [0.15, 0.2) is 0 Å². The first-order valence-corrected chi connectivity index (χ1v) is 13.2. The van der Waals surface area contributed by atoms with Crippen molar-refractivity contribution in [3.8, 4) is 0 Å². The van der Waals surface area contributed by atoms with Crippen molar-refractivity contribution < 1.29 is 32.6 Å². The molecule has 0 nitrogen and oxygen atoms in total. The van der Waals surface area contributed by atoms with Gasteiger partial charge in [-0.1, -0.05) is 0 Å². The third kappa shape index (κ3) is 3.64. The number of fused-ring (bicyclic) bond motifs is 2. The molecule has 2 unspecified atom stereocenters. The predicted molar refractivity (Wildman–Crippen MR) is 98.8 cm³/mol. The zero-order valence-corrected chi connectivity index (χ0v) is 18.0. The second-order valence-corrected chi connectivity index (χ2v) is 12.6. The van der Waals surface area contributed by atoms with E-state index in [9.17, 15) is 0 Å². The van der Waals surface area contributed by atoms with Crippen LogP contribution in [-0.4, -0.2) is 13.3 Å². The Hall–Kier alpha value is -0.907. The molecule has 0 saturated heterocycles. The van der Waals surface area contributed by atoms with Gasteiger partial charge in [-0.05, 0) is 0 Å². The molecule has 0 saturated carbocycles. The van der Waals surface area contributed by atoms with Crippen LogP contribution in [0.25, 0.3) is 12.2 Å². The Balaban J connectivity index is 0.00000113. The minimum absolute atomic E-state index is 0. The number of halogens is 2. The molecular weight excluding hydrogens is 412 g/mol. The number of rotatable bonds is 3. The van der Waals surface area contributed by atoms with Crippen LogP contribution in [0.4, 0.5) is 0 Å². The first kappa shape index (κ1) is 20.4. The summed E-state index contributed by atoms with van der Waals surface area (Å²) >= 11 is -0.652. The number of hydrogen-bond donors (Lipinski definition) is 0. The molecular formula is C21H21F2PZr. The van der Waals surface area contributed by atoms with E-state index >= 15 is 0 Å². The zero-order chi connectivity index (χ0) is 16.0. The van der Waals surface area contributed by atoms with Gasteiger partial charge in [0.2, 0.25) is 0 Å². The van der Waals surface area contributed by atoms with Crippen molar-refractivity contribution in [2.75, 3.05) is 13.3 Å². The Morgan fingerprint density at radius 3 is 1.88 bits per heavy atom. The summed E-state index contributed by atoms with van der Waals surface area (Å²) in [6.07, 6.45) is 4.93. The van der Waals surface area contributed by atoms with Gasteiger partial charge in [-0.2, -0.15) is 0 Å². The number of benzene rings is 2. The van der Waals surface area contributed by atoms with Crippen LogP contribution in [0.3, 0.4) is 0 Å². The molecule has 0 heterocycles. The van der Waals surface area contributed by atoms with E-state index in [1.807, 2.05) is 0 Å². The quantitative estimate of drug-likeness (QED) is 0.602. The second-order valence-electron chi connectivity index (χ2n) is 6.64. The maximum Gasteiger partial charge on any atom is -1.00 e. The van der Waals surface area contributed by atoms with Gasteiger partial charge in [0, 0.05) is 0 Å². The molecule has 128 valence electrons. The molecule has 2 aromatic carbocycles. The van der Waals surface area contributed by atoms with E-state index in [4.69, 9.17) is 0 Å². The van der Waals surface area contributed by atoms with Crippen molar-refractivity contribution in [1.82, 2.24) is 0 Å². The van der Waals surface area contributed by atoms with E-state index in [-0.39, 0.29) is 17.3 Å². The van der Waals surface area contributed by atoms with Gasteiger partial charge in [0.1, 0.15) is 0 Å². The van der Waals surface area contributed by atoms with Crippen molar-refractivity contribution in [3.63, 3.8) is 0 Å². The summed E-state index contributed by atoms with van der Waals surface area (Å²) in [5, 5.41) is 1.74. The van der Waals surface area contributed by atoms with Crippen LogP contribution < -0.4 is 9.41 Å². The van der Waals surface area contributed by atoms with Crippen molar-refractivity contribution in [2.24, 2.45) is 0 Å². The van der Waals surface area contributed by atoms with Crippen LogP contribution >= 0.6 is 7.92 Å². The molecule has 25 heavy (non-hydrogen) atoms. The van der Waals surface area contributed by atoms with Crippen LogP contribution in [0.5, 0.6) is 0 Å². The van der Waals surface area contributed by atoms with E-state index in [0.717, 1.165) is 7.25 Å². The first-order chi connectivity index (χ1) is 11.1. The van der Waals surface area contributed by atoms with Gasteiger partial charge in [0.25, 0.3) is 0 Å². The predicted octanol–water partition coefficient (Wildman–Crippen LogP) is 0.0724. The van der Waals surface area contributed by atoms with E-state index in [0.29, 0.717) is 0 Å².